The van der Waals surface area contributed by atoms with Crippen molar-refractivity contribution < 1.29 is 9.53 Å². The molecule has 1 aliphatic heterocycles. The first kappa shape index (κ1) is 20.7. The summed E-state index contributed by atoms with van der Waals surface area (Å²) >= 11 is 0. The Bertz CT molecular complexity index is 1130. The lowest BCUT2D eigenvalue weighted by molar-refractivity contribution is -0.113. The summed E-state index contributed by atoms with van der Waals surface area (Å²) in [5.74, 6) is 0.763. The number of hydrogen-bond donors (Lipinski definition) is 0. The number of hydrogen-bond acceptors (Lipinski definition) is 2. The van der Waals surface area contributed by atoms with E-state index in [1.807, 2.05) is 78.9 Å². The molecule has 1 aliphatic rings. The van der Waals surface area contributed by atoms with Crippen molar-refractivity contribution in [1.29, 1.82) is 0 Å². The van der Waals surface area contributed by atoms with Gasteiger partial charge < -0.3 is 4.74 Å². The second-order valence-corrected chi connectivity index (χ2v) is 8.71. The Hall–Kier alpha value is -3.59. The molecular weight excluding hydrogens is 382 g/mol. The molecule has 0 fully saturated rings. The second kappa shape index (κ2) is 8.27. The van der Waals surface area contributed by atoms with E-state index in [0.717, 1.165) is 28.3 Å². The molecule has 1 amide bonds. The van der Waals surface area contributed by atoms with Crippen molar-refractivity contribution >= 4 is 23.4 Å². The summed E-state index contributed by atoms with van der Waals surface area (Å²) in [6.45, 7) is 6.57. The first-order valence-electron chi connectivity index (χ1n) is 10.4. The van der Waals surface area contributed by atoms with Crippen LogP contribution < -0.4 is 9.64 Å². The third-order valence-corrected chi connectivity index (χ3v) is 5.48. The van der Waals surface area contributed by atoms with E-state index in [2.05, 4.69) is 32.9 Å². The highest BCUT2D eigenvalue weighted by atomic mass is 16.5. The van der Waals surface area contributed by atoms with Crippen LogP contribution in [0.4, 0.5) is 5.69 Å². The number of rotatable bonds is 4. The summed E-state index contributed by atoms with van der Waals surface area (Å²) in [5.41, 5.74) is 5.67. The van der Waals surface area contributed by atoms with Crippen LogP contribution in [-0.2, 0) is 10.2 Å². The quantitative estimate of drug-likeness (QED) is 0.463. The SMILES string of the molecule is COc1ccc(C=C2C=C(c3ccccc3)N(c3ccc(C(C)(C)C)cc3)C2=O)cc1. The molecule has 0 radical (unpaired) electrons. The molecule has 4 rings (SSSR count). The van der Waals surface area contributed by atoms with Gasteiger partial charge in [0.25, 0.3) is 5.91 Å². The van der Waals surface area contributed by atoms with Gasteiger partial charge in [-0.2, -0.15) is 0 Å². The molecule has 0 saturated carbocycles. The van der Waals surface area contributed by atoms with E-state index in [9.17, 15) is 4.79 Å². The van der Waals surface area contributed by atoms with Crippen LogP contribution in [-0.4, -0.2) is 13.0 Å². The van der Waals surface area contributed by atoms with E-state index in [1.54, 1.807) is 12.0 Å². The highest BCUT2D eigenvalue weighted by Crippen LogP contribution is 2.36. The maximum Gasteiger partial charge on any atom is 0.262 e. The van der Waals surface area contributed by atoms with Gasteiger partial charge in [-0.3, -0.25) is 9.69 Å². The van der Waals surface area contributed by atoms with E-state index in [0.29, 0.717) is 5.57 Å². The van der Waals surface area contributed by atoms with Crippen LogP contribution in [0.5, 0.6) is 5.75 Å². The van der Waals surface area contributed by atoms with Crippen molar-refractivity contribution in [3.63, 3.8) is 0 Å². The zero-order valence-corrected chi connectivity index (χ0v) is 18.4. The predicted octanol–water partition coefficient (Wildman–Crippen LogP) is 6.46. The molecule has 0 saturated heterocycles. The Balaban J connectivity index is 1.76. The van der Waals surface area contributed by atoms with Crippen molar-refractivity contribution in [2.24, 2.45) is 0 Å². The van der Waals surface area contributed by atoms with Gasteiger partial charge in [0.1, 0.15) is 5.75 Å². The van der Waals surface area contributed by atoms with Crippen LogP contribution in [0.1, 0.15) is 37.5 Å². The first-order chi connectivity index (χ1) is 14.9. The van der Waals surface area contributed by atoms with E-state index < -0.39 is 0 Å². The molecule has 0 atom stereocenters. The third kappa shape index (κ3) is 4.31. The molecule has 1 heterocycles. The normalized spacial score (nSPS) is 15.4. The number of benzene rings is 3. The van der Waals surface area contributed by atoms with E-state index >= 15 is 0 Å². The van der Waals surface area contributed by atoms with Crippen molar-refractivity contribution in [3.8, 4) is 5.75 Å². The number of nitrogens with zero attached hydrogens (tertiary/aromatic N) is 1. The van der Waals surface area contributed by atoms with Crippen LogP contribution in [0.25, 0.3) is 11.8 Å². The Kier molecular flexibility index (Phi) is 5.51. The number of carbonyl (C=O) groups excluding carboxylic acids is 1. The molecule has 0 aromatic heterocycles. The molecule has 0 unspecified atom stereocenters. The Morgan fingerprint density at radius 3 is 2.06 bits per heavy atom. The largest absolute Gasteiger partial charge is 0.497 e. The average molecular weight is 410 g/mol. The van der Waals surface area contributed by atoms with Gasteiger partial charge in [0.05, 0.1) is 12.8 Å². The van der Waals surface area contributed by atoms with Gasteiger partial charge in [-0.25, -0.2) is 0 Å². The second-order valence-electron chi connectivity index (χ2n) is 8.71. The lowest BCUT2D eigenvalue weighted by atomic mass is 9.87. The molecule has 0 bridgehead atoms. The molecule has 0 N–H and O–H groups in total. The molecule has 3 nitrogen and oxygen atoms in total. The summed E-state index contributed by atoms with van der Waals surface area (Å²) in [6.07, 6.45) is 3.90. The molecule has 3 aromatic rings. The van der Waals surface area contributed by atoms with E-state index in [4.69, 9.17) is 4.74 Å². The van der Waals surface area contributed by atoms with Gasteiger partial charge >= 0.3 is 0 Å². The number of amides is 1. The number of methoxy groups -OCH3 is 1. The standard InChI is InChI=1S/C28H27NO2/c1-28(2,3)23-12-14-24(15-13-23)29-26(21-8-6-5-7-9-21)19-22(27(29)30)18-20-10-16-25(31-4)17-11-20/h5-19H,1-4H3. The molecule has 0 aliphatic carbocycles. The van der Waals surface area contributed by atoms with Crippen molar-refractivity contribution in [2.75, 3.05) is 12.0 Å². The Morgan fingerprint density at radius 1 is 0.839 bits per heavy atom. The predicted molar refractivity (Wildman–Crippen MR) is 128 cm³/mol. The minimum absolute atomic E-state index is 0.0295. The van der Waals surface area contributed by atoms with Gasteiger partial charge in [0, 0.05) is 11.3 Å². The smallest absolute Gasteiger partial charge is 0.262 e. The van der Waals surface area contributed by atoms with Gasteiger partial charge in [-0.15, -0.1) is 0 Å². The van der Waals surface area contributed by atoms with Crippen LogP contribution in [0.3, 0.4) is 0 Å². The number of carbonyl (C=O) groups is 1. The average Bonchev–Trinajstić information content (AvgIpc) is 3.10. The fourth-order valence-corrected chi connectivity index (χ4v) is 3.68. The minimum Gasteiger partial charge on any atom is -0.497 e. The fourth-order valence-electron chi connectivity index (χ4n) is 3.68. The monoisotopic (exact) mass is 409 g/mol. The van der Waals surface area contributed by atoms with Gasteiger partial charge in [-0.1, -0.05) is 75.4 Å². The van der Waals surface area contributed by atoms with E-state index in [1.165, 1.54) is 5.56 Å². The third-order valence-electron chi connectivity index (χ3n) is 5.48. The number of ether oxygens (including phenoxy) is 1. The fraction of sp³-hybridized carbons (Fsp3) is 0.179. The van der Waals surface area contributed by atoms with Gasteiger partial charge in [0.15, 0.2) is 0 Å². The summed E-state index contributed by atoms with van der Waals surface area (Å²) in [6, 6.07) is 26.0. The topological polar surface area (TPSA) is 29.5 Å². The summed E-state index contributed by atoms with van der Waals surface area (Å²) in [7, 11) is 1.64. The summed E-state index contributed by atoms with van der Waals surface area (Å²) in [5, 5.41) is 0. The van der Waals surface area contributed by atoms with Crippen LogP contribution >= 0.6 is 0 Å². The molecule has 3 heteroatoms. The van der Waals surface area contributed by atoms with Crippen LogP contribution in [0, 0.1) is 0 Å². The molecule has 0 spiro atoms. The zero-order chi connectivity index (χ0) is 22.0. The van der Waals surface area contributed by atoms with Gasteiger partial charge in [0.2, 0.25) is 0 Å². The minimum atomic E-state index is -0.0295. The Labute approximate surface area is 184 Å². The zero-order valence-electron chi connectivity index (χ0n) is 18.4. The van der Waals surface area contributed by atoms with Gasteiger partial charge in [-0.05, 0) is 58.5 Å². The lowest BCUT2D eigenvalue weighted by Crippen LogP contribution is -2.25. The Morgan fingerprint density at radius 2 is 1.48 bits per heavy atom. The molecule has 156 valence electrons. The van der Waals surface area contributed by atoms with E-state index in [-0.39, 0.29) is 11.3 Å². The number of anilines is 1. The first-order valence-corrected chi connectivity index (χ1v) is 10.4. The molecule has 3 aromatic carbocycles. The lowest BCUT2D eigenvalue weighted by Gasteiger charge is -2.23. The van der Waals surface area contributed by atoms with Crippen molar-refractivity contribution in [2.45, 2.75) is 26.2 Å². The molecular formula is C28H27NO2. The maximum absolute atomic E-state index is 13.5. The highest BCUT2D eigenvalue weighted by Gasteiger charge is 2.30. The molecule has 31 heavy (non-hydrogen) atoms. The summed E-state index contributed by atoms with van der Waals surface area (Å²) in [4.78, 5) is 15.3. The van der Waals surface area contributed by atoms with Crippen molar-refractivity contribution in [3.05, 3.63) is 107 Å². The van der Waals surface area contributed by atoms with Crippen LogP contribution in [0.2, 0.25) is 0 Å². The maximum atomic E-state index is 13.5. The van der Waals surface area contributed by atoms with Crippen molar-refractivity contribution in [1.82, 2.24) is 0 Å². The highest BCUT2D eigenvalue weighted by molar-refractivity contribution is 6.23. The summed E-state index contributed by atoms with van der Waals surface area (Å²) < 4.78 is 5.24. The van der Waals surface area contributed by atoms with Crippen LogP contribution in [0.15, 0.2) is 90.5 Å².